The fourth-order valence-electron chi connectivity index (χ4n) is 1.91. The maximum Gasteiger partial charge on any atom is 0.156 e. The second-order valence-electron chi connectivity index (χ2n) is 3.75. The van der Waals surface area contributed by atoms with Crippen molar-refractivity contribution in [2.45, 2.75) is 32.1 Å². The summed E-state index contributed by atoms with van der Waals surface area (Å²) < 4.78 is 1.19. The van der Waals surface area contributed by atoms with E-state index >= 15 is 0 Å². The van der Waals surface area contributed by atoms with Crippen molar-refractivity contribution in [3.05, 3.63) is 24.3 Å². The van der Waals surface area contributed by atoms with Gasteiger partial charge in [0.1, 0.15) is 0 Å². The number of hydrogen-bond donors (Lipinski definition) is 0. The Hall–Kier alpha value is -0.120. The molecule has 0 spiro atoms. The van der Waals surface area contributed by atoms with Gasteiger partial charge in [-0.25, -0.2) is 0 Å². The fourth-order valence-corrected chi connectivity index (χ4v) is 2.35. The van der Waals surface area contributed by atoms with Gasteiger partial charge in [-0.05, 0) is 42.1 Å². The molecule has 0 aromatic rings. The predicted molar refractivity (Wildman–Crippen MR) is 68.7 cm³/mol. The Morgan fingerprint density at radius 1 is 1.64 bits per heavy atom. The lowest BCUT2D eigenvalue weighted by Crippen LogP contribution is -2.01. The molecule has 0 heterocycles. The molecule has 1 nitrogen and oxygen atoms in total. The van der Waals surface area contributed by atoms with E-state index in [2.05, 4.69) is 29.2 Å². The van der Waals surface area contributed by atoms with Crippen molar-refractivity contribution < 1.29 is 4.79 Å². The molecule has 14 heavy (non-hydrogen) atoms. The Labute approximate surface area is 99.8 Å². The molecule has 0 bridgehead atoms. The molecule has 1 rings (SSSR count). The molecule has 0 N–H and O–H groups in total. The van der Waals surface area contributed by atoms with Crippen molar-refractivity contribution in [1.82, 2.24) is 0 Å². The number of ketones is 1. The van der Waals surface area contributed by atoms with Crippen LogP contribution in [0.5, 0.6) is 0 Å². The van der Waals surface area contributed by atoms with E-state index in [4.69, 9.17) is 0 Å². The van der Waals surface area contributed by atoms with Gasteiger partial charge in [0, 0.05) is 6.42 Å². The molecule has 0 amide bonds. The van der Waals surface area contributed by atoms with Crippen molar-refractivity contribution in [3.8, 4) is 0 Å². The van der Waals surface area contributed by atoms with Crippen LogP contribution in [-0.2, 0) is 4.79 Å². The number of carbonyl (C=O) groups is 1. The average molecular weight is 304 g/mol. The van der Waals surface area contributed by atoms with Gasteiger partial charge in [0.25, 0.3) is 0 Å². The number of allylic oxidation sites excluding steroid dienone is 3. The zero-order valence-corrected chi connectivity index (χ0v) is 10.6. The Bertz CT molecular complexity index is 243. The van der Waals surface area contributed by atoms with Gasteiger partial charge in [0.05, 0.1) is 0 Å². The van der Waals surface area contributed by atoms with E-state index in [0.717, 1.165) is 19.3 Å². The normalized spacial score (nSPS) is 21.1. The smallest absolute Gasteiger partial charge is 0.156 e. The molecule has 0 aliphatic heterocycles. The maximum atomic E-state index is 11.3. The Morgan fingerprint density at radius 3 is 3.07 bits per heavy atom. The van der Waals surface area contributed by atoms with E-state index < -0.39 is 0 Å². The molecule has 0 saturated heterocycles. The predicted octanol–water partition coefficient (Wildman–Crippen LogP) is 3.68. The molecule has 78 valence electrons. The van der Waals surface area contributed by atoms with Gasteiger partial charge in [-0.2, -0.15) is 0 Å². The topological polar surface area (TPSA) is 17.1 Å². The zero-order chi connectivity index (χ0) is 10.4. The molecule has 1 atom stereocenters. The Balaban J connectivity index is 2.45. The standard InChI is InChI=1S/C12H17IO/c1-2-3-5-10-8-12(14)9-11(10)6-4-7-13/h2,8,11H,1,3-7,9H2. The van der Waals surface area contributed by atoms with E-state index in [1.54, 1.807) is 0 Å². The summed E-state index contributed by atoms with van der Waals surface area (Å²) in [6, 6.07) is 0. The van der Waals surface area contributed by atoms with Gasteiger partial charge >= 0.3 is 0 Å². The number of halogens is 1. The Kier molecular flexibility index (Phi) is 5.45. The SMILES string of the molecule is C=CCCC1=CC(=O)CC1CCCI. The third kappa shape index (κ3) is 3.56. The lowest BCUT2D eigenvalue weighted by Gasteiger charge is -2.12. The van der Waals surface area contributed by atoms with Crippen molar-refractivity contribution in [3.63, 3.8) is 0 Å². The van der Waals surface area contributed by atoms with E-state index in [-0.39, 0.29) is 0 Å². The summed E-state index contributed by atoms with van der Waals surface area (Å²) in [4.78, 5) is 11.3. The number of carbonyl (C=O) groups excluding carboxylic acids is 1. The number of hydrogen-bond acceptors (Lipinski definition) is 1. The van der Waals surface area contributed by atoms with Crippen molar-refractivity contribution >= 4 is 28.4 Å². The van der Waals surface area contributed by atoms with Crippen LogP contribution < -0.4 is 0 Å². The average Bonchev–Trinajstić information content (AvgIpc) is 2.52. The summed E-state index contributed by atoms with van der Waals surface area (Å²) in [6.07, 6.45) is 8.98. The Morgan fingerprint density at radius 2 is 2.43 bits per heavy atom. The molecule has 1 aliphatic rings. The van der Waals surface area contributed by atoms with Gasteiger partial charge in [-0.3, -0.25) is 4.79 Å². The molecule has 1 aliphatic carbocycles. The zero-order valence-electron chi connectivity index (χ0n) is 8.47. The summed E-state index contributed by atoms with van der Waals surface area (Å²) in [6.45, 7) is 3.71. The lowest BCUT2D eigenvalue weighted by molar-refractivity contribution is -0.114. The van der Waals surface area contributed by atoms with Crippen LogP contribution in [0.25, 0.3) is 0 Å². The maximum absolute atomic E-state index is 11.3. The summed E-state index contributed by atoms with van der Waals surface area (Å²) >= 11 is 2.39. The summed E-state index contributed by atoms with van der Waals surface area (Å²) in [5, 5.41) is 0. The van der Waals surface area contributed by atoms with Crippen LogP contribution in [0.4, 0.5) is 0 Å². The molecular weight excluding hydrogens is 287 g/mol. The fraction of sp³-hybridized carbons (Fsp3) is 0.583. The van der Waals surface area contributed by atoms with Crippen LogP contribution in [0.1, 0.15) is 32.1 Å². The third-order valence-corrected chi connectivity index (χ3v) is 3.40. The second-order valence-corrected chi connectivity index (χ2v) is 4.82. The van der Waals surface area contributed by atoms with Gasteiger partial charge < -0.3 is 0 Å². The van der Waals surface area contributed by atoms with Crippen molar-refractivity contribution in [2.24, 2.45) is 5.92 Å². The minimum absolute atomic E-state index is 0.322. The summed E-state index contributed by atoms with van der Waals surface area (Å²) in [5.74, 6) is 0.861. The molecule has 0 saturated carbocycles. The van der Waals surface area contributed by atoms with Crippen LogP contribution >= 0.6 is 22.6 Å². The molecular formula is C12H17IO. The third-order valence-electron chi connectivity index (χ3n) is 2.64. The van der Waals surface area contributed by atoms with E-state index in [0.29, 0.717) is 11.7 Å². The quantitative estimate of drug-likeness (QED) is 0.415. The van der Waals surface area contributed by atoms with Crippen LogP contribution in [0.2, 0.25) is 0 Å². The van der Waals surface area contributed by atoms with Gasteiger partial charge in [0.15, 0.2) is 5.78 Å². The van der Waals surface area contributed by atoms with Crippen LogP contribution in [0.15, 0.2) is 24.3 Å². The van der Waals surface area contributed by atoms with Crippen molar-refractivity contribution in [1.29, 1.82) is 0 Å². The lowest BCUT2D eigenvalue weighted by atomic mass is 9.93. The first-order valence-corrected chi connectivity index (χ1v) is 6.70. The first kappa shape index (κ1) is 12.0. The first-order chi connectivity index (χ1) is 6.77. The van der Waals surface area contributed by atoms with Gasteiger partial charge in [-0.1, -0.05) is 34.2 Å². The van der Waals surface area contributed by atoms with E-state index in [1.165, 1.54) is 22.8 Å². The molecule has 0 aromatic carbocycles. The van der Waals surface area contributed by atoms with E-state index in [1.807, 2.05) is 12.2 Å². The highest BCUT2D eigenvalue weighted by molar-refractivity contribution is 14.1. The first-order valence-electron chi connectivity index (χ1n) is 5.18. The molecule has 0 radical (unpaired) electrons. The van der Waals surface area contributed by atoms with Gasteiger partial charge in [-0.15, -0.1) is 6.58 Å². The highest BCUT2D eigenvalue weighted by atomic mass is 127. The van der Waals surface area contributed by atoms with E-state index in [9.17, 15) is 4.79 Å². The summed E-state index contributed by atoms with van der Waals surface area (Å²) in [7, 11) is 0. The van der Waals surface area contributed by atoms with Gasteiger partial charge in [0.2, 0.25) is 0 Å². The minimum Gasteiger partial charge on any atom is -0.295 e. The largest absolute Gasteiger partial charge is 0.295 e. The highest BCUT2D eigenvalue weighted by Crippen LogP contribution is 2.31. The van der Waals surface area contributed by atoms with Crippen molar-refractivity contribution in [2.75, 3.05) is 4.43 Å². The second kappa shape index (κ2) is 6.38. The van der Waals surface area contributed by atoms with Crippen LogP contribution in [0.3, 0.4) is 0 Å². The van der Waals surface area contributed by atoms with Crippen LogP contribution in [0, 0.1) is 5.92 Å². The summed E-state index contributed by atoms with van der Waals surface area (Å²) in [5.41, 5.74) is 1.36. The molecule has 2 heteroatoms. The monoisotopic (exact) mass is 304 g/mol. The number of alkyl halides is 1. The molecule has 1 unspecified atom stereocenters. The molecule has 0 fully saturated rings. The molecule has 0 aromatic heterocycles. The highest BCUT2D eigenvalue weighted by Gasteiger charge is 2.23. The van der Waals surface area contributed by atoms with Crippen LogP contribution in [-0.4, -0.2) is 10.2 Å². The minimum atomic E-state index is 0.322. The number of rotatable bonds is 6.